The molecular weight excluding hydrogens is 1090 g/mol. The molecule has 6 aliphatic rings. The molecular formula is C66H96N10O10. The summed E-state index contributed by atoms with van der Waals surface area (Å²) in [7, 11) is 3.44. The number of amides is 6. The summed E-state index contributed by atoms with van der Waals surface area (Å²) < 4.78 is 13.0. The van der Waals surface area contributed by atoms with Gasteiger partial charge in [-0.15, -0.1) is 0 Å². The number of hydrogen-bond acceptors (Lipinski definition) is 14. The van der Waals surface area contributed by atoms with Crippen LogP contribution in [-0.2, 0) is 51.1 Å². The van der Waals surface area contributed by atoms with E-state index in [2.05, 4.69) is 54.7 Å². The molecule has 20 nitrogen and oxygen atoms in total. The summed E-state index contributed by atoms with van der Waals surface area (Å²) in [6.45, 7) is 6.46. The molecule has 86 heavy (non-hydrogen) atoms. The number of nitrogens with zero attached hydrogens (tertiary/aromatic N) is 2. The molecule has 0 aromatic heterocycles. The topological polar surface area (TPSA) is 258 Å². The van der Waals surface area contributed by atoms with Crippen molar-refractivity contribution in [2.24, 2.45) is 11.8 Å². The lowest BCUT2D eigenvalue weighted by Gasteiger charge is -2.35. The Hall–Kier alpha value is -6.22. The molecule has 20 heteroatoms. The average molecular weight is 1190 g/mol. The fourth-order valence-corrected chi connectivity index (χ4v) is 14.2. The lowest BCUT2D eigenvalue weighted by atomic mass is 9.83. The predicted molar refractivity (Wildman–Crippen MR) is 331 cm³/mol. The fraction of sp³-hybridized carbons (Fsp3) is 0.667. The van der Waals surface area contributed by atoms with Gasteiger partial charge in [0.15, 0.2) is 0 Å². The highest BCUT2D eigenvalue weighted by Gasteiger charge is 2.45. The number of likely N-dealkylation sites (tertiary alicyclic amines) is 2. The van der Waals surface area contributed by atoms with Crippen molar-refractivity contribution in [3.05, 3.63) is 91.2 Å². The molecule has 0 radical (unpaired) electrons. The number of benzene rings is 2. The number of rotatable bonds is 30. The van der Waals surface area contributed by atoms with Crippen LogP contribution in [0.25, 0.3) is 0 Å². The molecule has 10 atom stereocenters. The highest BCUT2D eigenvalue weighted by Crippen LogP contribution is 2.37. The Morgan fingerprint density at radius 2 is 0.907 bits per heavy atom. The van der Waals surface area contributed by atoms with Gasteiger partial charge < -0.3 is 61.8 Å². The van der Waals surface area contributed by atoms with Crippen LogP contribution < -0.4 is 53.4 Å². The molecule has 6 amide bonds. The van der Waals surface area contributed by atoms with Gasteiger partial charge in [-0.3, -0.25) is 38.4 Å². The molecule has 8 N–H and O–H groups in total. The van der Waals surface area contributed by atoms with Crippen LogP contribution >= 0.6 is 0 Å². The van der Waals surface area contributed by atoms with Crippen molar-refractivity contribution in [2.45, 2.75) is 216 Å². The summed E-state index contributed by atoms with van der Waals surface area (Å²) >= 11 is 0. The third kappa shape index (κ3) is 15.5. The van der Waals surface area contributed by atoms with Gasteiger partial charge in [0.25, 0.3) is 10.9 Å². The van der Waals surface area contributed by atoms with Gasteiger partial charge in [0.05, 0.1) is 36.4 Å². The van der Waals surface area contributed by atoms with Gasteiger partial charge >= 0.3 is 0 Å². The Kier molecular flexibility index (Phi) is 23.2. The number of fused-ring (bicyclic) bond motifs is 2. The van der Waals surface area contributed by atoms with Crippen molar-refractivity contribution in [2.75, 3.05) is 64.1 Å². The van der Waals surface area contributed by atoms with Gasteiger partial charge in [-0.25, -0.2) is 0 Å². The van der Waals surface area contributed by atoms with Gasteiger partial charge in [-0.1, -0.05) is 87.1 Å². The third-order valence-electron chi connectivity index (χ3n) is 19.5. The molecule has 470 valence electrons. The van der Waals surface area contributed by atoms with Crippen LogP contribution in [0.1, 0.15) is 177 Å². The summed E-state index contributed by atoms with van der Waals surface area (Å²) in [6, 6.07) is 11.8. The Balaban J connectivity index is 0.685. The van der Waals surface area contributed by atoms with Crippen LogP contribution in [0.4, 0.5) is 11.4 Å². The molecule has 0 unspecified atom stereocenters. The van der Waals surface area contributed by atoms with Crippen LogP contribution in [0, 0.1) is 11.8 Å². The summed E-state index contributed by atoms with van der Waals surface area (Å²) in [5.41, 5.74) is 3.88. The van der Waals surface area contributed by atoms with E-state index < -0.39 is 47.1 Å². The zero-order valence-corrected chi connectivity index (χ0v) is 51.3. The fourth-order valence-electron chi connectivity index (χ4n) is 14.2. The second-order valence-electron chi connectivity index (χ2n) is 25.1. The maximum absolute atomic E-state index is 14.3. The molecule has 2 saturated carbocycles. The van der Waals surface area contributed by atoms with E-state index in [1.165, 1.54) is 0 Å². The molecule has 2 heterocycles. The van der Waals surface area contributed by atoms with Crippen molar-refractivity contribution >= 4 is 46.8 Å². The molecule has 4 fully saturated rings. The number of unbranched alkanes of at least 4 members (excludes halogenated alkanes) is 4. The number of anilines is 2. The minimum Gasteiger partial charge on any atom is -0.380 e. The third-order valence-corrected chi connectivity index (χ3v) is 19.5. The van der Waals surface area contributed by atoms with Gasteiger partial charge in [0, 0.05) is 52.2 Å². The summed E-state index contributed by atoms with van der Waals surface area (Å²) in [4.78, 5) is 112. The molecule has 9 rings (SSSR count). The summed E-state index contributed by atoms with van der Waals surface area (Å²) in [5.74, 6) is -1.13. The van der Waals surface area contributed by atoms with E-state index in [-0.39, 0.29) is 71.6 Å². The van der Waals surface area contributed by atoms with E-state index in [4.69, 9.17) is 9.47 Å². The molecule has 2 saturated heterocycles. The second-order valence-corrected chi connectivity index (χ2v) is 25.1. The molecule has 4 aliphatic carbocycles. The Bertz CT molecular complexity index is 2680. The van der Waals surface area contributed by atoms with Gasteiger partial charge in [-0.2, -0.15) is 0 Å². The van der Waals surface area contributed by atoms with Gasteiger partial charge in [0.2, 0.25) is 35.4 Å². The Morgan fingerprint density at radius 3 is 1.30 bits per heavy atom. The minimum absolute atomic E-state index is 0.0310. The summed E-state index contributed by atoms with van der Waals surface area (Å²) in [5, 5.41) is 25.1. The molecule has 3 aromatic rings. The number of ether oxygens (including phenoxy) is 2. The van der Waals surface area contributed by atoms with Crippen molar-refractivity contribution in [1.82, 2.24) is 41.7 Å². The lowest BCUT2D eigenvalue weighted by molar-refractivity contribution is -0.143. The number of nitrogens with one attached hydrogen (secondary N) is 8. The zero-order valence-electron chi connectivity index (χ0n) is 51.3. The standard InChI is InChI=1S/C66H96N10O10/c1-41(67-3)61(79)71-53(43-23-9-5-10-24-43)65(83)75-35-21-31-49(75)63(81)73-55-47-29-15-13-27-45(47)39-51(55)85-37-19-7-17-33-69-57-58(60(78)59(57)77)70-34-18-8-20-38-86-52-40-46-28-14-16-30-48(46)56(52)74-64(82)50-32-22-36-76(50)66(84)54(44-25-11-6-12-26-44)72-62(80)42(2)68-4/h13-16,27-30,41-44,49-56,67-70H,5-12,17-26,31-40H2,1-4H3,(H,71,79)(H,72,80)(H,73,81)(H,74,82)/t41-,42-,49-,50-,51+,52+,53-,54-,55-,56-/m0/s1. The van der Waals surface area contributed by atoms with Crippen molar-refractivity contribution < 1.29 is 38.2 Å². The SMILES string of the molecule is CN[C@@H](C)C(=O)N[C@H](C(=O)N1CCC[C@H]1C(=O)N[C@H]1c2ccccc2C[C@H]1OCCCCCNc1c(NCCCCCO[C@@H]2Cc3ccccc3[C@@H]2NC(=O)[C@@H]2CCCN2C(=O)[C@@H](NC(=O)[C@H](C)NC)C2CCCCC2)c(=O)c1=O)C1CCCCC1. The van der Waals surface area contributed by atoms with Crippen LogP contribution in [-0.4, -0.2) is 147 Å². The van der Waals surface area contributed by atoms with E-state index in [9.17, 15) is 38.4 Å². The molecule has 2 aliphatic heterocycles. The van der Waals surface area contributed by atoms with E-state index >= 15 is 0 Å². The zero-order chi connectivity index (χ0) is 60.7. The number of likely N-dealkylation sites (N-methyl/N-ethyl adjacent to an activating group) is 2. The molecule has 3 aromatic carbocycles. The first-order valence-electron chi connectivity index (χ1n) is 32.6. The quantitative estimate of drug-likeness (QED) is 0.0309. The molecule has 0 bridgehead atoms. The Labute approximate surface area is 507 Å². The lowest BCUT2D eigenvalue weighted by Crippen LogP contribution is -2.58. The van der Waals surface area contributed by atoms with Crippen molar-refractivity contribution in [3.8, 4) is 0 Å². The van der Waals surface area contributed by atoms with E-state index in [0.29, 0.717) is 89.3 Å². The van der Waals surface area contributed by atoms with E-state index in [0.717, 1.165) is 125 Å². The first-order valence-corrected chi connectivity index (χ1v) is 32.6. The van der Waals surface area contributed by atoms with E-state index in [1.54, 1.807) is 37.7 Å². The Morgan fingerprint density at radius 1 is 0.512 bits per heavy atom. The maximum atomic E-state index is 14.3. The van der Waals surface area contributed by atoms with Crippen LogP contribution in [0.15, 0.2) is 58.1 Å². The number of hydrogen-bond donors (Lipinski definition) is 8. The number of carbonyl (C=O) groups is 6. The average Bonchev–Trinajstić information content (AvgIpc) is 3.10. The first-order chi connectivity index (χ1) is 41.8. The predicted octanol–water partition coefficient (Wildman–Crippen LogP) is 5.37. The second kappa shape index (κ2) is 31.1. The largest absolute Gasteiger partial charge is 0.380 e. The first kappa shape index (κ1) is 64.3. The van der Waals surface area contributed by atoms with Gasteiger partial charge in [0.1, 0.15) is 35.5 Å². The smallest absolute Gasteiger partial charge is 0.253 e. The highest BCUT2D eigenvalue weighted by molar-refractivity contribution is 5.95. The van der Waals surface area contributed by atoms with Crippen molar-refractivity contribution in [3.63, 3.8) is 0 Å². The van der Waals surface area contributed by atoms with Crippen LogP contribution in [0.3, 0.4) is 0 Å². The monoisotopic (exact) mass is 1190 g/mol. The maximum Gasteiger partial charge on any atom is 0.253 e. The number of carbonyl (C=O) groups excluding carboxylic acids is 6. The summed E-state index contributed by atoms with van der Waals surface area (Å²) in [6.07, 6.45) is 17.6. The highest BCUT2D eigenvalue weighted by atomic mass is 16.5. The normalized spacial score (nSPS) is 23.7. The molecule has 0 spiro atoms. The van der Waals surface area contributed by atoms with Gasteiger partial charge in [-0.05, 0) is 152 Å². The minimum atomic E-state index is -0.672. The van der Waals surface area contributed by atoms with E-state index in [1.807, 2.05) is 36.4 Å². The van der Waals surface area contributed by atoms with Crippen molar-refractivity contribution in [1.29, 1.82) is 0 Å². The van der Waals surface area contributed by atoms with Crippen LogP contribution in [0.2, 0.25) is 0 Å². The van der Waals surface area contributed by atoms with Crippen LogP contribution in [0.5, 0.6) is 0 Å².